The van der Waals surface area contributed by atoms with E-state index in [-0.39, 0.29) is 0 Å². The lowest BCUT2D eigenvalue weighted by Crippen LogP contribution is -2.33. The summed E-state index contributed by atoms with van der Waals surface area (Å²) in [5, 5.41) is 3.58. The highest BCUT2D eigenvalue weighted by molar-refractivity contribution is 4.80. The van der Waals surface area contributed by atoms with E-state index >= 15 is 0 Å². The Labute approximate surface area is 102 Å². The van der Waals surface area contributed by atoms with Gasteiger partial charge in [-0.3, -0.25) is 0 Å². The van der Waals surface area contributed by atoms with Gasteiger partial charge in [0.2, 0.25) is 0 Å². The number of rotatable bonds is 10. The summed E-state index contributed by atoms with van der Waals surface area (Å²) in [6, 6.07) is 1.64. The largest absolute Gasteiger partial charge is 0.314 e. The van der Waals surface area contributed by atoms with Crippen LogP contribution in [0, 0.1) is 0 Å². The Morgan fingerprint density at radius 1 is 1.19 bits per heavy atom. The fourth-order valence-electron chi connectivity index (χ4n) is 2.16. The molecule has 16 heavy (non-hydrogen) atoms. The fourth-order valence-corrected chi connectivity index (χ4v) is 2.16. The molecule has 0 amide bonds. The van der Waals surface area contributed by atoms with Crippen LogP contribution in [0.4, 0.5) is 0 Å². The van der Waals surface area contributed by atoms with Crippen LogP contribution in [-0.4, -0.2) is 36.6 Å². The van der Waals surface area contributed by atoms with Crippen LogP contribution < -0.4 is 5.32 Å². The van der Waals surface area contributed by atoms with Gasteiger partial charge in [0.05, 0.1) is 0 Å². The molecular formula is C14H30N2. The second kappa shape index (κ2) is 8.08. The molecule has 1 rings (SSSR count). The minimum atomic E-state index is 0.759. The van der Waals surface area contributed by atoms with E-state index in [9.17, 15) is 0 Å². The molecule has 1 fully saturated rings. The first-order valence-electron chi connectivity index (χ1n) is 7.25. The molecule has 0 aromatic heterocycles. The van der Waals surface area contributed by atoms with Crippen molar-refractivity contribution >= 4 is 0 Å². The summed E-state index contributed by atoms with van der Waals surface area (Å²) >= 11 is 0. The van der Waals surface area contributed by atoms with E-state index in [2.05, 4.69) is 31.0 Å². The Bertz CT molecular complexity index is 166. The zero-order valence-corrected chi connectivity index (χ0v) is 11.5. The van der Waals surface area contributed by atoms with E-state index in [1.54, 1.807) is 0 Å². The molecule has 1 N–H and O–H groups in total. The minimum absolute atomic E-state index is 0.759. The molecule has 0 aliphatic heterocycles. The summed E-state index contributed by atoms with van der Waals surface area (Å²) in [6.07, 6.45) is 8.21. The molecule has 96 valence electrons. The molecule has 0 bridgehead atoms. The zero-order chi connectivity index (χ0) is 11.8. The van der Waals surface area contributed by atoms with Crippen LogP contribution in [-0.2, 0) is 0 Å². The van der Waals surface area contributed by atoms with Gasteiger partial charge in [-0.05, 0) is 58.7 Å². The third-order valence-electron chi connectivity index (χ3n) is 3.75. The predicted octanol–water partition coefficient (Wildman–Crippen LogP) is 3.03. The Hall–Kier alpha value is -0.0800. The third-order valence-corrected chi connectivity index (χ3v) is 3.75. The van der Waals surface area contributed by atoms with Crippen LogP contribution in [0.25, 0.3) is 0 Å². The Morgan fingerprint density at radius 3 is 2.50 bits per heavy atom. The number of nitrogens with one attached hydrogen (secondary N) is 1. The molecule has 0 aromatic carbocycles. The van der Waals surface area contributed by atoms with Crippen molar-refractivity contribution in [1.82, 2.24) is 10.2 Å². The molecule has 1 atom stereocenters. The molecule has 0 saturated heterocycles. The normalized spacial score (nSPS) is 18.0. The first-order chi connectivity index (χ1) is 7.77. The monoisotopic (exact) mass is 226 g/mol. The lowest BCUT2D eigenvalue weighted by atomic mass is 10.2. The van der Waals surface area contributed by atoms with Gasteiger partial charge >= 0.3 is 0 Å². The van der Waals surface area contributed by atoms with Gasteiger partial charge in [0.25, 0.3) is 0 Å². The molecule has 1 aliphatic carbocycles. The maximum Gasteiger partial charge on any atom is 0.00682 e. The van der Waals surface area contributed by atoms with Crippen molar-refractivity contribution in [3.63, 3.8) is 0 Å². The predicted molar refractivity (Wildman–Crippen MR) is 71.9 cm³/mol. The third kappa shape index (κ3) is 5.86. The second-order valence-corrected chi connectivity index (χ2v) is 5.17. The van der Waals surface area contributed by atoms with Gasteiger partial charge in [-0.2, -0.15) is 0 Å². The van der Waals surface area contributed by atoms with Gasteiger partial charge in [0.15, 0.2) is 0 Å². The highest BCUT2D eigenvalue weighted by atomic mass is 15.1. The number of hydrogen-bond acceptors (Lipinski definition) is 2. The van der Waals surface area contributed by atoms with Crippen molar-refractivity contribution < 1.29 is 0 Å². The smallest absolute Gasteiger partial charge is 0.00682 e. The molecule has 1 saturated carbocycles. The van der Waals surface area contributed by atoms with Crippen LogP contribution in [0.2, 0.25) is 0 Å². The van der Waals surface area contributed by atoms with Crippen molar-refractivity contribution in [3.8, 4) is 0 Å². The summed E-state index contributed by atoms with van der Waals surface area (Å²) in [5.74, 6) is 0. The van der Waals surface area contributed by atoms with Gasteiger partial charge in [0.1, 0.15) is 0 Å². The van der Waals surface area contributed by atoms with E-state index in [1.165, 1.54) is 58.2 Å². The van der Waals surface area contributed by atoms with E-state index in [1.807, 2.05) is 0 Å². The summed E-state index contributed by atoms with van der Waals surface area (Å²) in [7, 11) is 0. The van der Waals surface area contributed by atoms with Gasteiger partial charge in [-0.1, -0.05) is 20.3 Å². The summed E-state index contributed by atoms with van der Waals surface area (Å²) in [5.41, 5.74) is 0. The average molecular weight is 226 g/mol. The summed E-state index contributed by atoms with van der Waals surface area (Å²) in [6.45, 7) is 10.6. The van der Waals surface area contributed by atoms with Gasteiger partial charge in [-0.25, -0.2) is 0 Å². The molecule has 0 radical (unpaired) electrons. The van der Waals surface area contributed by atoms with Crippen LogP contribution in [0.15, 0.2) is 0 Å². The van der Waals surface area contributed by atoms with E-state index in [4.69, 9.17) is 0 Å². The lowest BCUT2D eigenvalue weighted by molar-refractivity contribution is 0.210. The Balaban J connectivity index is 1.90. The average Bonchev–Trinajstić information content (AvgIpc) is 3.11. The van der Waals surface area contributed by atoms with Crippen molar-refractivity contribution in [2.45, 2.75) is 71.4 Å². The van der Waals surface area contributed by atoms with Crippen molar-refractivity contribution in [2.24, 2.45) is 0 Å². The zero-order valence-electron chi connectivity index (χ0n) is 11.5. The Kier molecular flexibility index (Phi) is 7.06. The maximum atomic E-state index is 3.58. The van der Waals surface area contributed by atoms with Crippen molar-refractivity contribution in [3.05, 3.63) is 0 Å². The molecule has 2 heteroatoms. The van der Waals surface area contributed by atoms with Gasteiger partial charge in [0, 0.05) is 12.1 Å². The topological polar surface area (TPSA) is 15.3 Å². The molecule has 1 unspecified atom stereocenters. The lowest BCUT2D eigenvalue weighted by Gasteiger charge is -2.26. The highest BCUT2D eigenvalue weighted by Gasteiger charge is 2.19. The van der Waals surface area contributed by atoms with Gasteiger partial charge in [-0.15, -0.1) is 0 Å². The van der Waals surface area contributed by atoms with Crippen LogP contribution in [0.1, 0.15) is 59.3 Å². The molecule has 0 aromatic rings. The standard InChI is InChI=1S/C14H30N2/c1-4-13(3)16(5-2)12-8-6-7-11-15-14-9-10-14/h13-15H,4-12H2,1-3H3. The van der Waals surface area contributed by atoms with Crippen LogP contribution in [0.3, 0.4) is 0 Å². The SMILES string of the molecule is CCC(C)N(CC)CCCCCNC1CC1. The molecular weight excluding hydrogens is 196 g/mol. The highest BCUT2D eigenvalue weighted by Crippen LogP contribution is 2.18. The molecule has 2 nitrogen and oxygen atoms in total. The quantitative estimate of drug-likeness (QED) is 0.576. The minimum Gasteiger partial charge on any atom is -0.314 e. The number of hydrogen-bond donors (Lipinski definition) is 1. The van der Waals surface area contributed by atoms with E-state index in [0.29, 0.717) is 0 Å². The maximum absolute atomic E-state index is 3.58. The van der Waals surface area contributed by atoms with Crippen molar-refractivity contribution in [2.75, 3.05) is 19.6 Å². The summed E-state index contributed by atoms with van der Waals surface area (Å²) < 4.78 is 0. The number of nitrogens with zero attached hydrogens (tertiary/aromatic N) is 1. The molecule has 1 aliphatic rings. The fraction of sp³-hybridized carbons (Fsp3) is 1.00. The number of unbranched alkanes of at least 4 members (excludes halogenated alkanes) is 2. The van der Waals surface area contributed by atoms with E-state index < -0.39 is 0 Å². The molecule has 0 heterocycles. The first-order valence-corrected chi connectivity index (χ1v) is 7.25. The van der Waals surface area contributed by atoms with Crippen molar-refractivity contribution in [1.29, 1.82) is 0 Å². The first kappa shape index (κ1) is 14.0. The van der Waals surface area contributed by atoms with Crippen LogP contribution in [0.5, 0.6) is 0 Å². The second-order valence-electron chi connectivity index (χ2n) is 5.17. The summed E-state index contributed by atoms with van der Waals surface area (Å²) in [4.78, 5) is 2.61. The molecule has 0 spiro atoms. The van der Waals surface area contributed by atoms with Crippen LogP contribution >= 0.6 is 0 Å². The van der Waals surface area contributed by atoms with Gasteiger partial charge < -0.3 is 10.2 Å². The van der Waals surface area contributed by atoms with E-state index in [0.717, 1.165) is 12.1 Å². The Morgan fingerprint density at radius 2 is 1.94 bits per heavy atom.